The van der Waals surface area contributed by atoms with Crippen LogP contribution in [0.4, 0.5) is 13.2 Å². The van der Waals surface area contributed by atoms with E-state index in [2.05, 4.69) is 0 Å². The zero-order valence-electron chi connectivity index (χ0n) is 19.8. The van der Waals surface area contributed by atoms with E-state index in [9.17, 15) is 19.1 Å². The lowest BCUT2D eigenvalue weighted by Crippen LogP contribution is -2.70. The van der Waals surface area contributed by atoms with Crippen LogP contribution in [0.3, 0.4) is 0 Å². The molecule has 0 unspecified atom stereocenters. The van der Waals surface area contributed by atoms with Crippen LogP contribution in [0.2, 0.25) is 0 Å². The first-order valence-corrected chi connectivity index (χ1v) is 13.1. The molecule has 9 heteroatoms. The van der Waals surface area contributed by atoms with Crippen LogP contribution in [0.1, 0.15) is 53.4 Å². The molecule has 1 N–H and O–H groups in total. The Bertz CT molecular complexity index is 985. The van der Waals surface area contributed by atoms with Crippen LogP contribution in [0.5, 0.6) is 0 Å². The fourth-order valence-corrected chi connectivity index (χ4v) is 9.03. The lowest BCUT2D eigenvalue weighted by Gasteiger charge is -2.63. The number of hydrogen-bond acceptors (Lipinski definition) is 6. The fraction of sp³-hybridized carbons (Fsp3) is 0.720. The highest BCUT2D eigenvalue weighted by Gasteiger charge is 2.77. The molecule has 0 spiro atoms. The minimum absolute atomic E-state index is 0.0552. The number of thioether (sulfide) groups is 1. The topological polar surface area (TPSA) is 63.6 Å². The maximum atomic E-state index is 17.3. The summed E-state index contributed by atoms with van der Waals surface area (Å²) in [5.74, 6) is -2.70. The Labute approximate surface area is 207 Å². The predicted octanol–water partition coefficient (Wildman–Crippen LogP) is 5.23. The predicted molar refractivity (Wildman–Crippen MR) is 128 cm³/mol. The molecule has 3 saturated carbocycles. The summed E-state index contributed by atoms with van der Waals surface area (Å²) in [6.07, 6.45) is 0.839. The van der Waals surface area contributed by atoms with Gasteiger partial charge in [0.25, 0.3) is 0 Å². The number of aliphatic hydroxyl groups excluding tert-OH is 1. The van der Waals surface area contributed by atoms with Crippen molar-refractivity contribution in [3.8, 4) is 0 Å². The van der Waals surface area contributed by atoms with Crippen molar-refractivity contribution in [2.24, 2.45) is 28.6 Å². The first kappa shape index (κ1) is 25.9. The zero-order valence-corrected chi connectivity index (χ0v) is 21.4. The quantitative estimate of drug-likeness (QED) is 0.408. The van der Waals surface area contributed by atoms with Crippen LogP contribution in [0.25, 0.3) is 0 Å². The van der Waals surface area contributed by atoms with E-state index in [1.807, 2.05) is 6.92 Å². The number of carbonyl (C=O) groups is 2. The smallest absolute Gasteiger partial charge is 0.306 e. The van der Waals surface area contributed by atoms with Crippen molar-refractivity contribution in [1.29, 1.82) is 0 Å². The van der Waals surface area contributed by atoms with Crippen molar-refractivity contribution in [3.05, 3.63) is 23.8 Å². The number of ether oxygens (including phenoxy) is 1. The number of halogens is 3. The highest BCUT2D eigenvalue weighted by molar-refractivity contribution is 8.23. The maximum absolute atomic E-state index is 17.3. The normalized spacial score (nSPS) is 47.4. The average Bonchev–Trinajstić information content (AvgIpc) is 2.99. The molecule has 4 aliphatic carbocycles. The van der Waals surface area contributed by atoms with Crippen molar-refractivity contribution < 1.29 is 32.6 Å². The number of rotatable bonds is 4. The molecule has 9 atom stereocenters. The molecular formula is C25H31F3O4S2. The molecule has 188 valence electrons. The second kappa shape index (κ2) is 8.44. The molecule has 0 bridgehead atoms. The number of allylic oxidation sites excluding steroid dienone is 4. The first-order chi connectivity index (χ1) is 15.8. The molecule has 34 heavy (non-hydrogen) atoms. The van der Waals surface area contributed by atoms with Crippen LogP contribution in [-0.2, 0) is 14.3 Å². The number of esters is 1. The van der Waals surface area contributed by atoms with Crippen molar-refractivity contribution in [1.82, 2.24) is 0 Å². The summed E-state index contributed by atoms with van der Waals surface area (Å²) in [6.45, 7) is 6.83. The van der Waals surface area contributed by atoms with Crippen molar-refractivity contribution in [3.63, 3.8) is 0 Å². The summed E-state index contributed by atoms with van der Waals surface area (Å²) in [4.78, 5) is 24.5. The van der Waals surface area contributed by atoms with Gasteiger partial charge in [0.05, 0.1) is 10.3 Å². The first-order valence-electron chi connectivity index (χ1n) is 11.7. The van der Waals surface area contributed by atoms with Gasteiger partial charge in [0, 0.05) is 29.1 Å². The van der Waals surface area contributed by atoms with Gasteiger partial charge >= 0.3 is 5.97 Å². The Hall–Kier alpha value is -1.19. The molecule has 4 aliphatic rings. The van der Waals surface area contributed by atoms with Crippen molar-refractivity contribution in [2.75, 3.05) is 6.01 Å². The SMILES string of the molecule is CCC(=O)O[C@]1(C(=S)SCF)[C@H](C)C[C@H]2[C@@H]3C[C@H](F)C4=CC(=O)C=C[C@]4(C)[C@@]3(F)[C@@H](O)C[C@@]21C. The Morgan fingerprint density at radius 1 is 1.32 bits per heavy atom. The molecule has 4 nitrogen and oxygen atoms in total. The minimum atomic E-state index is -2.23. The lowest BCUT2D eigenvalue weighted by molar-refractivity contribution is -0.220. The number of alkyl halides is 3. The number of ketones is 1. The number of thiocarbonyl (C=S) groups is 1. The van der Waals surface area contributed by atoms with Gasteiger partial charge in [-0.25, -0.2) is 13.2 Å². The third kappa shape index (κ3) is 3.11. The number of carbonyl (C=O) groups excluding carboxylic acids is 2. The molecule has 0 heterocycles. The summed E-state index contributed by atoms with van der Waals surface area (Å²) in [5.41, 5.74) is -6.10. The van der Waals surface area contributed by atoms with Gasteiger partial charge < -0.3 is 9.84 Å². The van der Waals surface area contributed by atoms with Gasteiger partial charge in [-0.2, -0.15) is 0 Å². The summed E-state index contributed by atoms with van der Waals surface area (Å²) in [5, 5.41) is 11.4. The van der Waals surface area contributed by atoms with Gasteiger partial charge in [-0.1, -0.05) is 50.8 Å². The van der Waals surface area contributed by atoms with Gasteiger partial charge in [-0.05, 0) is 49.8 Å². The fourth-order valence-electron chi connectivity index (χ4n) is 7.63. The second-order valence-electron chi connectivity index (χ2n) is 10.6. The van der Waals surface area contributed by atoms with Crippen LogP contribution < -0.4 is 0 Å². The van der Waals surface area contributed by atoms with Gasteiger partial charge in [0.2, 0.25) is 0 Å². The van der Waals surface area contributed by atoms with E-state index >= 15 is 8.78 Å². The molecule has 0 aromatic carbocycles. The minimum Gasteiger partial charge on any atom is -0.452 e. The van der Waals surface area contributed by atoms with Gasteiger partial charge in [-0.3, -0.25) is 9.59 Å². The summed E-state index contributed by atoms with van der Waals surface area (Å²) in [7, 11) is 0. The molecule has 0 aliphatic heterocycles. The Morgan fingerprint density at radius 3 is 2.62 bits per heavy atom. The van der Waals surface area contributed by atoms with E-state index in [-0.39, 0.29) is 35.0 Å². The third-order valence-electron chi connectivity index (χ3n) is 9.22. The average molecular weight is 517 g/mol. The molecule has 0 amide bonds. The monoisotopic (exact) mass is 516 g/mol. The summed E-state index contributed by atoms with van der Waals surface area (Å²) >= 11 is 6.38. The van der Waals surface area contributed by atoms with Crippen LogP contribution in [-0.4, -0.2) is 50.6 Å². The molecule has 0 aromatic heterocycles. The Balaban J connectivity index is 1.87. The molecule has 0 radical (unpaired) electrons. The number of hydrogen-bond donors (Lipinski definition) is 1. The van der Waals surface area contributed by atoms with Gasteiger partial charge in [0.15, 0.2) is 17.1 Å². The van der Waals surface area contributed by atoms with Crippen molar-refractivity contribution in [2.45, 2.75) is 76.9 Å². The van der Waals surface area contributed by atoms with Gasteiger partial charge in [0.1, 0.15) is 12.2 Å². The van der Waals surface area contributed by atoms with Gasteiger partial charge in [-0.15, -0.1) is 0 Å². The maximum Gasteiger partial charge on any atom is 0.306 e. The van der Waals surface area contributed by atoms with E-state index in [4.69, 9.17) is 17.0 Å². The number of aliphatic hydroxyl groups is 1. The largest absolute Gasteiger partial charge is 0.452 e. The van der Waals surface area contributed by atoms with E-state index in [0.29, 0.717) is 6.42 Å². The Morgan fingerprint density at radius 2 is 2.00 bits per heavy atom. The molecule has 4 rings (SSSR count). The van der Waals surface area contributed by atoms with E-state index < -0.39 is 64.0 Å². The highest BCUT2D eigenvalue weighted by Crippen LogP contribution is 2.72. The number of fused-ring (bicyclic) bond motifs is 5. The van der Waals surface area contributed by atoms with E-state index in [1.165, 1.54) is 12.2 Å². The molecule has 0 aromatic rings. The third-order valence-corrected chi connectivity index (χ3v) is 10.6. The summed E-state index contributed by atoms with van der Waals surface area (Å²) in [6, 6.07) is -0.811. The Kier molecular flexibility index (Phi) is 6.43. The van der Waals surface area contributed by atoms with Crippen LogP contribution in [0, 0.1) is 28.6 Å². The molecular weight excluding hydrogens is 485 g/mol. The zero-order chi connectivity index (χ0) is 25.3. The van der Waals surface area contributed by atoms with E-state index in [1.54, 1.807) is 20.8 Å². The van der Waals surface area contributed by atoms with Crippen LogP contribution in [0.15, 0.2) is 23.8 Å². The molecule has 0 saturated heterocycles. The molecule has 3 fully saturated rings. The standard InChI is InChI=1S/C25H31F3O4S2/c1-5-20(31)32-25(21(33)34-12-26)13(2)8-15-16-10-18(27)17-9-14(29)6-7-22(17,3)24(16,28)19(30)11-23(15,25)4/h6-7,9,13,15-16,18-19,30H,5,8,10-12H2,1-4H3/t13-,15+,16+,18+,19+,22+,23+,24+,25+/m1/s1. The highest BCUT2D eigenvalue weighted by atomic mass is 32.2. The lowest BCUT2D eigenvalue weighted by atomic mass is 9.44. The summed E-state index contributed by atoms with van der Waals surface area (Å²) < 4.78 is 52.4. The van der Waals surface area contributed by atoms with E-state index in [0.717, 1.165) is 17.8 Å². The van der Waals surface area contributed by atoms with Crippen LogP contribution >= 0.6 is 24.0 Å². The second-order valence-corrected chi connectivity index (χ2v) is 12.2. The van der Waals surface area contributed by atoms with Crippen molar-refractivity contribution >= 4 is 39.9 Å².